The molecule has 0 spiro atoms. The number of hydrogen-bond donors (Lipinski definition) is 1. The molecule has 0 fully saturated rings. The summed E-state index contributed by atoms with van der Waals surface area (Å²) in [5.41, 5.74) is 3.25. The second-order valence-corrected chi connectivity index (χ2v) is 4.30. The number of carbonyl (C=O) groups excluding carboxylic acids is 1. The van der Waals surface area contributed by atoms with Gasteiger partial charge in [0.25, 0.3) is 0 Å². The molecule has 1 aromatic heterocycles. The Morgan fingerprint density at radius 2 is 2.24 bits per heavy atom. The van der Waals surface area contributed by atoms with Gasteiger partial charge in [0.1, 0.15) is 0 Å². The molecular weight excluding hydrogens is 214 g/mol. The predicted molar refractivity (Wildman–Crippen MR) is 67.4 cm³/mol. The topological polar surface area (TPSA) is 46.9 Å². The summed E-state index contributed by atoms with van der Waals surface area (Å²) in [6.07, 6.45) is 5.80. The van der Waals surface area contributed by atoms with E-state index in [0.29, 0.717) is 6.42 Å². The van der Waals surface area contributed by atoms with Crippen molar-refractivity contribution in [2.45, 2.75) is 27.2 Å². The van der Waals surface area contributed by atoms with E-state index in [1.54, 1.807) is 0 Å². The molecule has 1 atom stereocenters. The van der Waals surface area contributed by atoms with E-state index in [0.717, 1.165) is 17.0 Å². The van der Waals surface area contributed by atoms with Gasteiger partial charge in [-0.05, 0) is 25.8 Å². The molecule has 0 aliphatic rings. The van der Waals surface area contributed by atoms with Crippen LogP contribution >= 0.6 is 0 Å². The monoisotopic (exact) mass is 233 g/mol. The Bertz CT molecular complexity index is 454. The molecule has 0 saturated heterocycles. The molecule has 0 unspecified atom stereocenters. The van der Waals surface area contributed by atoms with Gasteiger partial charge in [0.05, 0.1) is 12.2 Å². The zero-order chi connectivity index (χ0) is 13.0. The number of terminal acetylenes is 1. The van der Waals surface area contributed by atoms with Crippen LogP contribution in [0.1, 0.15) is 23.9 Å². The first-order valence-corrected chi connectivity index (χ1v) is 5.67. The molecule has 1 heterocycles. The smallest absolute Gasteiger partial charge is 0.223 e. The molecule has 92 valence electrons. The Hall–Kier alpha value is -1.76. The highest BCUT2D eigenvalue weighted by Crippen LogP contribution is 2.16. The zero-order valence-electron chi connectivity index (χ0n) is 10.9. The molecule has 1 amide bonds. The summed E-state index contributed by atoms with van der Waals surface area (Å²) in [7, 11) is 1.91. The summed E-state index contributed by atoms with van der Waals surface area (Å²) in [6.45, 7) is 6.17. The van der Waals surface area contributed by atoms with Crippen molar-refractivity contribution in [1.82, 2.24) is 15.1 Å². The highest BCUT2D eigenvalue weighted by atomic mass is 16.1. The van der Waals surface area contributed by atoms with Crippen LogP contribution in [-0.4, -0.2) is 22.2 Å². The third-order valence-corrected chi connectivity index (χ3v) is 2.98. The van der Waals surface area contributed by atoms with Crippen molar-refractivity contribution < 1.29 is 4.79 Å². The van der Waals surface area contributed by atoms with Crippen LogP contribution in [0.15, 0.2) is 0 Å². The maximum Gasteiger partial charge on any atom is 0.223 e. The lowest BCUT2D eigenvalue weighted by Gasteiger charge is -2.11. The number of rotatable bonds is 4. The van der Waals surface area contributed by atoms with Crippen molar-refractivity contribution in [3.63, 3.8) is 0 Å². The molecule has 0 bridgehead atoms. The average Bonchev–Trinajstić information content (AvgIpc) is 2.52. The summed E-state index contributed by atoms with van der Waals surface area (Å²) in [5, 5.41) is 7.03. The fourth-order valence-corrected chi connectivity index (χ4v) is 1.82. The third-order valence-electron chi connectivity index (χ3n) is 2.98. The maximum absolute atomic E-state index is 11.7. The normalized spacial score (nSPS) is 11.9. The van der Waals surface area contributed by atoms with Crippen LogP contribution < -0.4 is 5.32 Å². The maximum atomic E-state index is 11.7. The molecule has 0 aliphatic heterocycles. The number of aryl methyl sites for hydroxylation is 2. The number of amides is 1. The molecule has 0 aromatic carbocycles. The van der Waals surface area contributed by atoms with Crippen LogP contribution in [0, 0.1) is 32.1 Å². The molecule has 0 saturated carbocycles. The number of aromatic nitrogens is 2. The van der Waals surface area contributed by atoms with Gasteiger partial charge in [0, 0.05) is 18.7 Å². The van der Waals surface area contributed by atoms with Crippen molar-refractivity contribution in [1.29, 1.82) is 0 Å². The Morgan fingerprint density at radius 1 is 1.59 bits per heavy atom. The van der Waals surface area contributed by atoms with Crippen LogP contribution in [0.25, 0.3) is 0 Å². The van der Waals surface area contributed by atoms with Gasteiger partial charge in [-0.3, -0.25) is 9.48 Å². The quantitative estimate of drug-likeness (QED) is 0.788. The average molecular weight is 233 g/mol. The first-order valence-electron chi connectivity index (χ1n) is 5.67. The van der Waals surface area contributed by atoms with Gasteiger partial charge in [-0.2, -0.15) is 5.10 Å². The van der Waals surface area contributed by atoms with Crippen molar-refractivity contribution in [3.8, 4) is 12.3 Å². The Kier molecular flexibility index (Phi) is 4.33. The highest BCUT2D eigenvalue weighted by Gasteiger charge is 2.17. The molecule has 0 aliphatic carbocycles. The molecule has 4 heteroatoms. The highest BCUT2D eigenvalue weighted by molar-refractivity contribution is 5.78. The summed E-state index contributed by atoms with van der Waals surface area (Å²) in [5.74, 6) is 2.29. The fraction of sp³-hybridized carbons (Fsp3) is 0.538. The molecular formula is C13H19N3O. The van der Waals surface area contributed by atoms with Crippen molar-refractivity contribution in [3.05, 3.63) is 17.0 Å². The SMILES string of the molecule is C#CCNC(=O)[C@H](C)Cc1c(C)nn(C)c1C. The van der Waals surface area contributed by atoms with E-state index >= 15 is 0 Å². The van der Waals surface area contributed by atoms with Gasteiger partial charge in [0.2, 0.25) is 5.91 Å². The Labute approximate surface area is 102 Å². The minimum atomic E-state index is -0.0926. The Morgan fingerprint density at radius 3 is 2.71 bits per heavy atom. The van der Waals surface area contributed by atoms with Gasteiger partial charge in [-0.25, -0.2) is 0 Å². The van der Waals surface area contributed by atoms with E-state index in [1.165, 1.54) is 0 Å². The van der Waals surface area contributed by atoms with E-state index in [4.69, 9.17) is 6.42 Å². The second kappa shape index (κ2) is 5.53. The summed E-state index contributed by atoms with van der Waals surface area (Å²) in [4.78, 5) is 11.7. The summed E-state index contributed by atoms with van der Waals surface area (Å²) < 4.78 is 1.84. The van der Waals surface area contributed by atoms with Crippen LogP contribution in [0.3, 0.4) is 0 Å². The van der Waals surface area contributed by atoms with E-state index in [-0.39, 0.29) is 18.4 Å². The number of hydrogen-bond acceptors (Lipinski definition) is 2. The number of carbonyl (C=O) groups is 1. The number of nitrogens with zero attached hydrogens (tertiary/aromatic N) is 2. The first kappa shape index (κ1) is 13.3. The van der Waals surface area contributed by atoms with Gasteiger partial charge < -0.3 is 5.32 Å². The zero-order valence-corrected chi connectivity index (χ0v) is 10.9. The predicted octanol–water partition coefficient (Wildman–Crippen LogP) is 0.965. The third kappa shape index (κ3) is 3.10. The lowest BCUT2D eigenvalue weighted by Crippen LogP contribution is -2.30. The van der Waals surface area contributed by atoms with E-state index in [9.17, 15) is 4.79 Å². The minimum absolute atomic E-state index is 0.00870. The van der Waals surface area contributed by atoms with E-state index in [1.807, 2.05) is 32.5 Å². The van der Waals surface area contributed by atoms with Crippen LogP contribution in [0.2, 0.25) is 0 Å². The molecule has 1 aromatic rings. The standard InChI is InChI=1S/C13H19N3O/c1-6-7-14-13(17)9(2)8-12-10(3)15-16(5)11(12)4/h1,9H,7-8H2,2-5H3,(H,14,17)/t9-/m1/s1. The molecule has 1 N–H and O–H groups in total. The molecule has 1 rings (SSSR count). The van der Waals surface area contributed by atoms with Gasteiger partial charge >= 0.3 is 0 Å². The molecule has 4 nitrogen and oxygen atoms in total. The van der Waals surface area contributed by atoms with E-state index < -0.39 is 0 Å². The van der Waals surface area contributed by atoms with Crippen molar-refractivity contribution in [2.24, 2.45) is 13.0 Å². The fourth-order valence-electron chi connectivity index (χ4n) is 1.82. The van der Waals surface area contributed by atoms with Gasteiger partial charge in [0.15, 0.2) is 0 Å². The van der Waals surface area contributed by atoms with Crippen LogP contribution in [0.4, 0.5) is 0 Å². The molecule has 0 radical (unpaired) electrons. The molecule has 17 heavy (non-hydrogen) atoms. The second-order valence-electron chi connectivity index (χ2n) is 4.30. The minimum Gasteiger partial charge on any atom is -0.345 e. The Balaban J connectivity index is 2.71. The van der Waals surface area contributed by atoms with Gasteiger partial charge in [-0.15, -0.1) is 6.42 Å². The summed E-state index contributed by atoms with van der Waals surface area (Å²) >= 11 is 0. The van der Waals surface area contributed by atoms with E-state index in [2.05, 4.69) is 16.3 Å². The van der Waals surface area contributed by atoms with Crippen molar-refractivity contribution in [2.75, 3.05) is 6.54 Å². The lowest BCUT2D eigenvalue weighted by atomic mass is 9.99. The largest absolute Gasteiger partial charge is 0.345 e. The van der Waals surface area contributed by atoms with Crippen LogP contribution in [0.5, 0.6) is 0 Å². The lowest BCUT2D eigenvalue weighted by molar-refractivity contribution is -0.124. The number of nitrogens with one attached hydrogen (secondary N) is 1. The first-order chi connectivity index (χ1) is 7.97. The van der Waals surface area contributed by atoms with Crippen LogP contribution in [-0.2, 0) is 18.3 Å². The summed E-state index contributed by atoms with van der Waals surface area (Å²) in [6, 6.07) is 0. The van der Waals surface area contributed by atoms with Crippen molar-refractivity contribution >= 4 is 5.91 Å². The van der Waals surface area contributed by atoms with Gasteiger partial charge in [-0.1, -0.05) is 12.8 Å².